The van der Waals surface area contributed by atoms with Crippen molar-refractivity contribution in [2.75, 3.05) is 13.2 Å². The minimum atomic E-state index is -1.07. The molecule has 37 heavy (non-hydrogen) atoms. The fraction of sp³-hybridized carbons (Fsp3) is 0.464. The van der Waals surface area contributed by atoms with Crippen molar-refractivity contribution in [3.63, 3.8) is 0 Å². The smallest absolute Gasteiger partial charge is 0.289 e. The Balaban J connectivity index is 1.42. The number of pyridine rings is 1. The second kappa shape index (κ2) is 12.6. The Morgan fingerprint density at radius 3 is 2.38 bits per heavy atom. The number of rotatable bonds is 11. The van der Waals surface area contributed by atoms with Gasteiger partial charge in [-0.15, -0.1) is 0 Å². The van der Waals surface area contributed by atoms with Crippen LogP contribution in [0.3, 0.4) is 0 Å². The number of hydrogen-bond donors (Lipinski definition) is 3. The van der Waals surface area contributed by atoms with Crippen molar-refractivity contribution in [3.05, 3.63) is 66.0 Å². The van der Waals surface area contributed by atoms with E-state index in [0.717, 1.165) is 24.8 Å². The summed E-state index contributed by atoms with van der Waals surface area (Å²) in [6.07, 6.45) is 5.56. The number of hydrogen-bond acceptors (Lipinski definition) is 6. The molecular weight excluding hydrogens is 472 g/mol. The van der Waals surface area contributed by atoms with Crippen molar-refractivity contribution in [1.29, 1.82) is 0 Å². The Bertz CT molecular complexity index is 1080. The summed E-state index contributed by atoms with van der Waals surface area (Å²) >= 11 is 0. The van der Waals surface area contributed by atoms with Gasteiger partial charge in [-0.05, 0) is 55.7 Å². The maximum Gasteiger partial charge on any atom is 0.289 e. The molecule has 4 rings (SSSR count). The molecule has 1 aliphatic carbocycles. The topological polar surface area (TPSA) is 126 Å². The Morgan fingerprint density at radius 2 is 1.73 bits per heavy atom. The van der Waals surface area contributed by atoms with E-state index >= 15 is 0 Å². The van der Waals surface area contributed by atoms with Crippen molar-refractivity contribution in [3.8, 4) is 0 Å². The molecule has 1 aliphatic heterocycles. The number of aromatic nitrogens is 1. The summed E-state index contributed by atoms with van der Waals surface area (Å²) < 4.78 is 5.37. The van der Waals surface area contributed by atoms with E-state index in [2.05, 4.69) is 20.9 Å². The van der Waals surface area contributed by atoms with Gasteiger partial charge in [0.2, 0.25) is 17.6 Å². The molecule has 2 aromatic rings. The minimum Gasteiger partial charge on any atom is -0.381 e. The lowest BCUT2D eigenvalue weighted by atomic mass is 9.75. The van der Waals surface area contributed by atoms with E-state index in [9.17, 15) is 19.2 Å². The highest BCUT2D eigenvalue weighted by molar-refractivity contribution is 6.38. The van der Waals surface area contributed by atoms with Crippen LogP contribution in [0.2, 0.25) is 0 Å². The van der Waals surface area contributed by atoms with E-state index in [4.69, 9.17) is 4.74 Å². The van der Waals surface area contributed by atoms with E-state index in [1.54, 1.807) is 24.4 Å². The molecule has 0 radical (unpaired) electrons. The second-order valence-electron chi connectivity index (χ2n) is 9.83. The predicted molar refractivity (Wildman–Crippen MR) is 136 cm³/mol. The molecular formula is C28H34N4O5. The molecule has 2 aliphatic rings. The van der Waals surface area contributed by atoms with Crippen LogP contribution in [0.15, 0.2) is 54.7 Å². The lowest BCUT2D eigenvalue weighted by molar-refractivity contribution is -0.143. The Hall–Kier alpha value is -3.59. The van der Waals surface area contributed by atoms with Crippen molar-refractivity contribution in [2.45, 2.75) is 63.1 Å². The van der Waals surface area contributed by atoms with Crippen LogP contribution in [-0.4, -0.2) is 53.3 Å². The highest BCUT2D eigenvalue weighted by atomic mass is 16.5. The third-order valence-electron chi connectivity index (χ3n) is 7.12. The molecule has 2 fully saturated rings. The number of nitrogens with one attached hydrogen (secondary N) is 3. The first-order valence-corrected chi connectivity index (χ1v) is 12.9. The molecule has 9 heteroatoms. The van der Waals surface area contributed by atoms with Crippen LogP contribution in [0.4, 0.5) is 0 Å². The largest absolute Gasteiger partial charge is 0.381 e. The molecule has 0 spiro atoms. The maximum absolute atomic E-state index is 13.4. The number of benzene rings is 1. The summed E-state index contributed by atoms with van der Waals surface area (Å²) in [5.41, 5.74) is 0.375. The summed E-state index contributed by atoms with van der Waals surface area (Å²) in [5, 5.41) is 8.35. The average molecular weight is 507 g/mol. The van der Waals surface area contributed by atoms with Crippen LogP contribution in [0.5, 0.6) is 0 Å². The Labute approximate surface area is 216 Å². The normalized spacial score (nSPS) is 17.6. The van der Waals surface area contributed by atoms with Gasteiger partial charge in [-0.1, -0.05) is 36.4 Å². The third-order valence-corrected chi connectivity index (χ3v) is 7.12. The number of nitrogens with zero attached hydrogens (tertiary/aromatic N) is 1. The summed E-state index contributed by atoms with van der Waals surface area (Å²) in [7, 11) is 0. The van der Waals surface area contributed by atoms with Crippen molar-refractivity contribution < 1.29 is 23.9 Å². The average Bonchev–Trinajstić information content (AvgIpc) is 2.90. The highest BCUT2D eigenvalue weighted by Gasteiger charge is 2.46. The van der Waals surface area contributed by atoms with Crippen molar-refractivity contribution in [2.24, 2.45) is 5.92 Å². The van der Waals surface area contributed by atoms with Gasteiger partial charge in [0.05, 0.1) is 12.2 Å². The van der Waals surface area contributed by atoms with Gasteiger partial charge in [0.1, 0.15) is 11.6 Å². The van der Waals surface area contributed by atoms with E-state index in [0.29, 0.717) is 38.2 Å². The molecule has 3 N–H and O–H groups in total. The molecule has 0 bridgehead atoms. The van der Waals surface area contributed by atoms with E-state index < -0.39 is 29.2 Å². The predicted octanol–water partition coefficient (Wildman–Crippen LogP) is 1.85. The van der Waals surface area contributed by atoms with Crippen LogP contribution in [0, 0.1) is 5.92 Å². The number of ketones is 1. The Kier molecular flexibility index (Phi) is 9.00. The molecule has 1 aromatic carbocycles. The first kappa shape index (κ1) is 26.5. The summed E-state index contributed by atoms with van der Waals surface area (Å²) in [4.78, 5) is 56.3. The molecule has 0 unspecified atom stereocenters. The molecule has 1 atom stereocenters. The van der Waals surface area contributed by atoms with Gasteiger partial charge in [-0.25, -0.2) is 0 Å². The molecule has 9 nitrogen and oxygen atoms in total. The molecule has 1 aromatic heterocycles. The van der Waals surface area contributed by atoms with Gasteiger partial charge < -0.3 is 20.7 Å². The molecule has 1 saturated carbocycles. The van der Waals surface area contributed by atoms with Crippen LogP contribution in [-0.2, 0) is 36.9 Å². The van der Waals surface area contributed by atoms with Gasteiger partial charge in [0.25, 0.3) is 5.91 Å². The van der Waals surface area contributed by atoms with Gasteiger partial charge in [0.15, 0.2) is 0 Å². The van der Waals surface area contributed by atoms with Gasteiger partial charge in [0, 0.05) is 32.3 Å². The van der Waals surface area contributed by atoms with E-state index in [1.807, 2.05) is 30.3 Å². The standard InChI is InChI=1S/C28H34N4O5/c33-24(18-21-10-15-37-16-11-21)32-28(12-6-13-28)27(36)31-23(17-20-7-2-1-3-8-20)25(34)26(35)30-19-22-9-4-5-14-29-22/h1-5,7-9,14,21,23H,6,10-13,15-19H2,(H,30,35)(H,31,36)(H,32,33)/t23-/m1/s1. The van der Waals surface area contributed by atoms with E-state index in [-0.39, 0.29) is 24.8 Å². The molecule has 3 amide bonds. The monoisotopic (exact) mass is 506 g/mol. The maximum atomic E-state index is 13.4. The first-order valence-electron chi connectivity index (χ1n) is 12.9. The number of Topliss-reactive ketones (excluding diaryl/α,β-unsaturated/α-hetero) is 1. The second-order valence-corrected chi connectivity index (χ2v) is 9.83. The van der Waals surface area contributed by atoms with E-state index in [1.165, 1.54) is 0 Å². The van der Waals surface area contributed by atoms with Crippen LogP contribution in [0.25, 0.3) is 0 Å². The number of carbonyl (C=O) groups is 4. The zero-order valence-corrected chi connectivity index (χ0v) is 20.9. The molecule has 1 saturated heterocycles. The summed E-state index contributed by atoms with van der Waals surface area (Å²) in [6.45, 7) is 1.40. The lowest BCUT2D eigenvalue weighted by Gasteiger charge is -2.42. The minimum absolute atomic E-state index is 0.101. The molecule has 196 valence electrons. The fourth-order valence-corrected chi connectivity index (χ4v) is 4.74. The van der Waals surface area contributed by atoms with Crippen LogP contribution < -0.4 is 16.0 Å². The van der Waals surface area contributed by atoms with Gasteiger partial charge in [-0.2, -0.15) is 0 Å². The third kappa shape index (κ3) is 7.22. The molecule has 2 heterocycles. The van der Waals surface area contributed by atoms with Crippen LogP contribution >= 0.6 is 0 Å². The lowest BCUT2D eigenvalue weighted by Crippen LogP contribution is -2.65. The summed E-state index contributed by atoms with van der Waals surface area (Å²) in [6, 6.07) is 13.5. The van der Waals surface area contributed by atoms with Gasteiger partial charge >= 0.3 is 0 Å². The SMILES string of the molecule is O=C(CC1CCOCC1)NC1(C(=O)N[C@H](Cc2ccccc2)C(=O)C(=O)NCc2ccccn2)CCC1. The number of carbonyl (C=O) groups excluding carboxylic acids is 4. The Morgan fingerprint density at radius 1 is 1.00 bits per heavy atom. The zero-order valence-electron chi connectivity index (χ0n) is 20.9. The number of ether oxygens (including phenoxy) is 1. The van der Waals surface area contributed by atoms with Crippen molar-refractivity contribution >= 4 is 23.5 Å². The fourth-order valence-electron chi connectivity index (χ4n) is 4.74. The summed E-state index contributed by atoms with van der Waals surface area (Å²) in [5.74, 6) is -1.88. The zero-order chi connectivity index (χ0) is 26.1. The quantitative estimate of drug-likeness (QED) is 0.399. The first-order chi connectivity index (χ1) is 17.9. The highest BCUT2D eigenvalue weighted by Crippen LogP contribution is 2.33. The van der Waals surface area contributed by atoms with Crippen molar-refractivity contribution in [1.82, 2.24) is 20.9 Å². The van der Waals surface area contributed by atoms with Gasteiger partial charge in [-0.3, -0.25) is 24.2 Å². The number of amides is 3. The van der Waals surface area contributed by atoms with Crippen LogP contribution in [0.1, 0.15) is 49.8 Å².